The monoisotopic (exact) mass is 455 g/mol. The van der Waals surface area contributed by atoms with Crippen LogP contribution in [-0.2, 0) is 15.8 Å². The Labute approximate surface area is 178 Å². The number of nitrogens with zero attached hydrogens (tertiary/aromatic N) is 1. The van der Waals surface area contributed by atoms with Crippen molar-refractivity contribution < 1.29 is 27.2 Å². The Hall–Kier alpha value is -2.90. The van der Waals surface area contributed by atoms with E-state index in [1.807, 2.05) is 6.07 Å². The molecule has 2 heterocycles. The first-order chi connectivity index (χ1) is 14.2. The number of halogens is 4. The molecular formula is C19H13ClF3N3O3S. The van der Waals surface area contributed by atoms with Crippen LogP contribution in [0.4, 0.5) is 18.9 Å². The topological polar surface area (TPSA) is 95.1 Å². The zero-order valence-corrected chi connectivity index (χ0v) is 16.6. The molecule has 11 heteroatoms. The van der Waals surface area contributed by atoms with Crippen LogP contribution < -0.4 is 10.6 Å². The van der Waals surface area contributed by atoms with E-state index in [1.54, 1.807) is 12.1 Å². The van der Waals surface area contributed by atoms with Crippen LogP contribution in [-0.4, -0.2) is 17.6 Å². The quantitative estimate of drug-likeness (QED) is 0.683. The first-order valence-electron chi connectivity index (χ1n) is 8.46. The number of thioether (sulfide) groups is 1. The number of anilines is 1. The third kappa shape index (κ3) is 4.98. The summed E-state index contributed by atoms with van der Waals surface area (Å²) in [6, 6.07) is 8.34. The highest BCUT2D eigenvalue weighted by Gasteiger charge is 2.34. The first kappa shape index (κ1) is 21.8. The first-order valence-corrected chi connectivity index (χ1v) is 9.82. The number of hydrogen-bond acceptors (Lipinski definition) is 5. The molecule has 0 spiro atoms. The Bertz CT molecular complexity index is 1050. The average molecular weight is 456 g/mol. The van der Waals surface area contributed by atoms with Gasteiger partial charge in [-0.1, -0.05) is 23.4 Å². The third-order valence-electron chi connectivity index (χ3n) is 4.15. The molecule has 0 bridgehead atoms. The summed E-state index contributed by atoms with van der Waals surface area (Å²) >= 11 is 6.46. The molecule has 1 aliphatic rings. The van der Waals surface area contributed by atoms with Gasteiger partial charge in [-0.05, 0) is 30.3 Å². The van der Waals surface area contributed by atoms with E-state index in [2.05, 4.69) is 10.6 Å². The number of alkyl halides is 3. The fraction of sp³-hybridized carbons (Fsp3) is 0.211. The van der Waals surface area contributed by atoms with Gasteiger partial charge < -0.3 is 15.1 Å². The second-order valence-corrected chi connectivity index (χ2v) is 7.60. The zero-order valence-electron chi connectivity index (χ0n) is 15.0. The van der Waals surface area contributed by atoms with E-state index in [1.165, 1.54) is 12.3 Å². The van der Waals surface area contributed by atoms with Crippen LogP contribution >= 0.6 is 23.4 Å². The Morgan fingerprint density at radius 1 is 1.40 bits per heavy atom. The van der Waals surface area contributed by atoms with Gasteiger partial charge in [0.2, 0.25) is 11.8 Å². The molecular weight excluding hydrogens is 443 g/mol. The molecule has 6 nitrogen and oxygen atoms in total. The number of benzene rings is 1. The third-order valence-corrected chi connectivity index (χ3v) is 5.49. The van der Waals surface area contributed by atoms with Gasteiger partial charge >= 0.3 is 6.18 Å². The number of carbonyl (C=O) groups excluding carboxylic acids is 2. The van der Waals surface area contributed by atoms with Gasteiger partial charge in [0.25, 0.3) is 0 Å². The molecule has 0 aliphatic carbocycles. The van der Waals surface area contributed by atoms with Crippen molar-refractivity contribution in [2.24, 2.45) is 0 Å². The minimum Gasteiger partial charge on any atom is -0.469 e. The Kier molecular flexibility index (Phi) is 6.43. The van der Waals surface area contributed by atoms with Crippen LogP contribution in [0, 0.1) is 11.3 Å². The molecule has 1 aromatic heterocycles. The molecule has 0 radical (unpaired) electrons. The van der Waals surface area contributed by atoms with Gasteiger partial charge in [0, 0.05) is 12.1 Å². The van der Waals surface area contributed by atoms with Crippen LogP contribution in [0.15, 0.2) is 51.6 Å². The molecule has 0 fully saturated rings. The summed E-state index contributed by atoms with van der Waals surface area (Å²) in [5.41, 5.74) is -0.897. The number of carbonyl (C=O) groups is 2. The summed E-state index contributed by atoms with van der Waals surface area (Å²) in [4.78, 5) is 24.2. The van der Waals surface area contributed by atoms with E-state index in [4.69, 9.17) is 16.0 Å². The normalized spacial score (nSPS) is 16.8. The van der Waals surface area contributed by atoms with Crippen LogP contribution in [0.1, 0.15) is 23.7 Å². The smallest absolute Gasteiger partial charge is 0.417 e. The van der Waals surface area contributed by atoms with Gasteiger partial charge in [-0.25, -0.2) is 0 Å². The fourth-order valence-electron chi connectivity index (χ4n) is 2.82. The number of furan rings is 1. The van der Waals surface area contributed by atoms with Crippen molar-refractivity contribution >= 4 is 40.9 Å². The van der Waals surface area contributed by atoms with E-state index in [-0.39, 0.29) is 34.4 Å². The lowest BCUT2D eigenvalue weighted by molar-refractivity contribution is -0.137. The molecule has 1 aromatic carbocycles. The molecule has 2 amide bonds. The number of nitrogens with one attached hydrogen (secondary N) is 2. The number of nitriles is 1. The lowest BCUT2D eigenvalue weighted by Crippen LogP contribution is -2.31. The van der Waals surface area contributed by atoms with Crippen molar-refractivity contribution in [2.75, 3.05) is 11.1 Å². The van der Waals surface area contributed by atoms with E-state index in [9.17, 15) is 28.0 Å². The van der Waals surface area contributed by atoms with Crippen LogP contribution in [0.5, 0.6) is 0 Å². The molecule has 2 aromatic rings. The molecule has 0 saturated heterocycles. The highest BCUT2D eigenvalue weighted by molar-refractivity contribution is 8.03. The summed E-state index contributed by atoms with van der Waals surface area (Å²) in [5.74, 6) is -1.32. The van der Waals surface area contributed by atoms with Crippen LogP contribution in [0.3, 0.4) is 0 Å². The second-order valence-electron chi connectivity index (χ2n) is 6.20. The van der Waals surface area contributed by atoms with Crippen LogP contribution in [0.2, 0.25) is 5.02 Å². The molecule has 0 unspecified atom stereocenters. The van der Waals surface area contributed by atoms with Crippen LogP contribution in [0.25, 0.3) is 0 Å². The largest absolute Gasteiger partial charge is 0.469 e. The molecule has 2 N–H and O–H groups in total. The van der Waals surface area contributed by atoms with Gasteiger partial charge in [-0.3, -0.25) is 9.59 Å². The van der Waals surface area contributed by atoms with Crippen molar-refractivity contribution in [3.63, 3.8) is 0 Å². The minimum atomic E-state index is -4.66. The van der Waals surface area contributed by atoms with E-state index in [0.717, 1.165) is 23.9 Å². The maximum atomic E-state index is 12.9. The fourth-order valence-corrected chi connectivity index (χ4v) is 3.92. The Balaban J connectivity index is 1.72. The highest BCUT2D eigenvalue weighted by atomic mass is 35.5. The zero-order chi connectivity index (χ0) is 21.9. The molecule has 0 saturated carbocycles. The van der Waals surface area contributed by atoms with E-state index < -0.39 is 28.6 Å². The predicted octanol–water partition coefficient (Wildman–Crippen LogP) is 4.66. The summed E-state index contributed by atoms with van der Waals surface area (Å²) in [5, 5.41) is 14.2. The standard InChI is InChI=1S/C19H13ClF3N3O3S/c20-14-4-3-10(6-13(14)19(21,22)23)25-17(28)9-30-18-12(8-24)11(7-16(27)26-18)15-2-1-5-29-15/h1-6,11H,7,9H2,(H,25,28)(H,26,27)/t11-/m1/s1. The van der Waals surface area contributed by atoms with Gasteiger partial charge in [-0.2, -0.15) is 18.4 Å². The number of hydrogen-bond donors (Lipinski definition) is 2. The van der Waals surface area contributed by atoms with Gasteiger partial charge in [0.05, 0.1) is 45.2 Å². The summed E-state index contributed by atoms with van der Waals surface area (Å²) in [6.45, 7) is 0. The van der Waals surface area contributed by atoms with Crippen molar-refractivity contribution in [1.29, 1.82) is 5.26 Å². The molecule has 3 rings (SSSR count). The molecule has 1 aliphatic heterocycles. The summed E-state index contributed by atoms with van der Waals surface area (Å²) < 4.78 is 44.1. The number of allylic oxidation sites excluding steroid dienone is 1. The summed E-state index contributed by atoms with van der Waals surface area (Å²) in [6.07, 6.45) is -3.21. The van der Waals surface area contributed by atoms with Crippen molar-refractivity contribution in [3.8, 4) is 6.07 Å². The molecule has 156 valence electrons. The summed E-state index contributed by atoms with van der Waals surface area (Å²) in [7, 11) is 0. The van der Waals surface area contributed by atoms with Gasteiger partial charge in [-0.15, -0.1) is 0 Å². The average Bonchev–Trinajstić information content (AvgIpc) is 3.21. The minimum absolute atomic E-state index is 0.0255. The predicted molar refractivity (Wildman–Crippen MR) is 104 cm³/mol. The van der Waals surface area contributed by atoms with Crippen molar-refractivity contribution in [1.82, 2.24) is 5.32 Å². The Morgan fingerprint density at radius 3 is 2.80 bits per heavy atom. The maximum absolute atomic E-state index is 12.9. The van der Waals surface area contributed by atoms with Gasteiger partial charge in [0.15, 0.2) is 0 Å². The number of amides is 2. The van der Waals surface area contributed by atoms with Gasteiger partial charge in [0.1, 0.15) is 5.76 Å². The lowest BCUT2D eigenvalue weighted by atomic mass is 9.92. The van der Waals surface area contributed by atoms with E-state index in [0.29, 0.717) is 5.76 Å². The second kappa shape index (κ2) is 8.85. The van der Waals surface area contributed by atoms with E-state index >= 15 is 0 Å². The highest BCUT2D eigenvalue weighted by Crippen LogP contribution is 2.37. The number of rotatable bonds is 5. The Morgan fingerprint density at radius 2 is 2.17 bits per heavy atom. The van der Waals surface area contributed by atoms with Crippen molar-refractivity contribution in [3.05, 3.63) is 63.5 Å². The van der Waals surface area contributed by atoms with Crippen molar-refractivity contribution in [2.45, 2.75) is 18.5 Å². The maximum Gasteiger partial charge on any atom is 0.417 e. The molecule has 1 atom stereocenters. The SMILES string of the molecule is N#CC1=C(SCC(=O)Nc2ccc(Cl)c(C(F)(F)F)c2)NC(=O)C[C@H]1c1ccco1. The molecule has 30 heavy (non-hydrogen) atoms. The lowest BCUT2D eigenvalue weighted by Gasteiger charge is -2.23.